The number of benzene rings is 1. The van der Waals surface area contributed by atoms with Crippen LogP contribution in [-0.4, -0.2) is 35.3 Å². The van der Waals surface area contributed by atoms with Gasteiger partial charge in [0.15, 0.2) is 11.2 Å². The largest absolute Gasteiger partial charge is 0.508 e. The van der Waals surface area contributed by atoms with Gasteiger partial charge in [0.1, 0.15) is 11.6 Å². The van der Waals surface area contributed by atoms with E-state index in [0.717, 1.165) is 28.5 Å². The average Bonchev–Trinajstić information content (AvgIpc) is 2.78. The van der Waals surface area contributed by atoms with Gasteiger partial charge in [0.25, 0.3) is 5.56 Å². The van der Waals surface area contributed by atoms with Crippen molar-refractivity contribution in [3.05, 3.63) is 80.0 Å². The second kappa shape index (κ2) is 9.86. The second-order valence-corrected chi connectivity index (χ2v) is 7.86. The lowest BCUT2D eigenvalue weighted by Gasteiger charge is -2.25. The average molecular weight is 447 g/mol. The summed E-state index contributed by atoms with van der Waals surface area (Å²) in [6, 6.07) is 6.06. The van der Waals surface area contributed by atoms with E-state index in [0.29, 0.717) is 29.9 Å². The molecule has 0 atom stereocenters. The number of hydrogen-bond donors (Lipinski definition) is 2. The summed E-state index contributed by atoms with van der Waals surface area (Å²) in [4.78, 5) is 25.0. The Balaban J connectivity index is 0.000000364. The van der Waals surface area contributed by atoms with Gasteiger partial charge < -0.3 is 10.2 Å². The van der Waals surface area contributed by atoms with Gasteiger partial charge in [-0.25, -0.2) is 9.18 Å². The number of aliphatic hydroxyl groups excluding tert-OH is 2. The zero-order valence-corrected chi connectivity index (χ0v) is 18.6. The molecule has 2 N–H and O–H groups in total. The van der Waals surface area contributed by atoms with Crippen molar-refractivity contribution in [2.45, 2.75) is 39.3 Å². The Kier molecular flexibility index (Phi) is 7.19. The molecule has 8 nitrogen and oxygen atoms in total. The molecule has 1 aliphatic rings. The summed E-state index contributed by atoms with van der Waals surface area (Å²) in [5.74, 6) is 0.140. The first kappa shape index (κ1) is 23.3. The van der Waals surface area contributed by atoms with Crippen LogP contribution in [0.2, 0.25) is 0 Å². The Morgan fingerprint density at radius 3 is 2.41 bits per heavy atom. The highest BCUT2D eigenvalue weighted by Crippen LogP contribution is 2.16. The zero-order chi connectivity index (χ0) is 23.4. The summed E-state index contributed by atoms with van der Waals surface area (Å²) in [5.41, 5.74) is 2.16. The summed E-state index contributed by atoms with van der Waals surface area (Å²) in [7, 11) is 3.38. The summed E-state index contributed by atoms with van der Waals surface area (Å²) in [6.45, 7) is 2.44. The molecule has 174 valence electrons. The molecule has 2 heterocycles. The molecule has 4 rings (SSSR count). The number of halogens is 1. The van der Waals surface area contributed by atoms with Crippen LogP contribution in [0.1, 0.15) is 33.2 Å². The van der Waals surface area contributed by atoms with Crippen LogP contribution >= 0.6 is 0 Å². The lowest BCUT2D eigenvalue weighted by Crippen LogP contribution is -2.44. The highest BCUT2D eigenvalue weighted by Gasteiger charge is 2.21. The highest BCUT2D eigenvalue weighted by atomic mass is 19.1. The Morgan fingerprint density at radius 2 is 1.84 bits per heavy atom. The second-order valence-electron chi connectivity index (χ2n) is 7.86. The summed E-state index contributed by atoms with van der Waals surface area (Å²) >= 11 is 0. The van der Waals surface area contributed by atoms with Gasteiger partial charge in [0, 0.05) is 28.7 Å². The number of aromatic nitrogens is 4. The van der Waals surface area contributed by atoms with E-state index in [1.807, 2.05) is 13.0 Å². The van der Waals surface area contributed by atoms with E-state index in [9.17, 15) is 14.0 Å². The van der Waals surface area contributed by atoms with E-state index in [2.05, 4.69) is 0 Å². The van der Waals surface area contributed by atoms with Crippen LogP contribution < -0.4 is 11.2 Å². The van der Waals surface area contributed by atoms with Crippen molar-refractivity contribution in [3.63, 3.8) is 0 Å². The van der Waals surface area contributed by atoms with E-state index < -0.39 is 5.69 Å². The molecule has 0 spiro atoms. The van der Waals surface area contributed by atoms with Crippen LogP contribution in [-0.2, 0) is 27.2 Å². The smallest absolute Gasteiger partial charge is 0.332 e. The molecule has 3 aromatic rings. The van der Waals surface area contributed by atoms with Crippen molar-refractivity contribution in [3.8, 4) is 0 Å². The van der Waals surface area contributed by atoms with E-state index >= 15 is 0 Å². The fraction of sp³-hybridized carbons (Fsp3) is 0.391. The summed E-state index contributed by atoms with van der Waals surface area (Å²) in [6.07, 6.45) is 6.18. The van der Waals surface area contributed by atoms with Crippen molar-refractivity contribution in [2.24, 2.45) is 14.1 Å². The van der Waals surface area contributed by atoms with Crippen LogP contribution in [0.4, 0.5) is 4.39 Å². The fourth-order valence-corrected chi connectivity index (χ4v) is 3.70. The molecule has 0 aliphatic heterocycles. The Bertz CT molecular complexity index is 1280. The maximum atomic E-state index is 13.0. The molecule has 0 radical (unpaired) electrons. The Labute approximate surface area is 186 Å². The maximum absolute atomic E-state index is 13.0. The van der Waals surface area contributed by atoms with Gasteiger partial charge in [-0.3, -0.25) is 23.3 Å². The number of fused-ring (bicyclic) bond motifs is 1. The van der Waals surface area contributed by atoms with Gasteiger partial charge in [-0.15, -0.1) is 0 Å². The zero-order valence-electron chi connectivity index (χ0n) is 18.6. The van der Waals surface area contributed by atoms with Crippen molar-refractivity contribution >= 4 is 11.2 Å². The van der Waals surface area contributed by atoms with Gasteiger partial charge in [-0.1, -0.05) is 18.2 Å². The molecule has 0 unspecified atom stereocenters. The number of rotatable bonds is 5. The summed E-state index contributed by atoms with van der Waals surface area (Å²) < 4.78 is 19.1. The minimum absolute atomic E-state index is 0. The van der Waals surface area contributed by atoms with Crippen LogP contribution in [0.25, 0.3) is 11.2 Å². The van der Waals surface area contributed by atoms with Gasteiger partial charge in [-0.2, -0.15) is 0 Å². The lowest BCUT2D eigenvalue weighted by atomic mass is 10.1. The Hall–Kier alpha value is -3.33. The minimum Gasteiger partial charge on any atom is -0.508 e. The number of aryl methyl sites for hydroxylation is 2. The molecule has 1 aliphatic carbocycles. The Morgan fingerprint density at radius 1 is 1.16 bits per heavy atom. The standard InChI is InChI=1S/C16H19FN4O3.C7H10O.H2/c1-18-14-13(15(23)20(16(18)24)8-3-9-22)21(19(14)2)10-11-4-6-12(17)7-5-11;1-6-4-2-3-5-7(6)8;/h4-7,22H,3,8-10H2,1-2H3;3,5,8H,2,4H2,1H3;1H. The van der Waals surface area contributed by atoms with Gasteiger partial charge in [-0.05, 0) is 55.5 Å². The number of nitrogens with zero attached hydrogens (tertiary/aromatic N) is 4. The fourth-order valence-electron chi connectivity index (χ4n) is 3.70. The van der Waals surface area contributed by atoms with Crippen LogP contribution in [0.5, 0.6) is 0 Å². The van der Waals surface area contributed by atoms with E-state index in [1.165, 1.54) is 16.7 Å². The molecule has 0 saturated carbocycles. The first-order chi connectivity index (χ1) is 15.3. The third-order valence-corrected chi connectivity index (χ3v) is 5.61. The third kappa shape index (κ3) is 4.62. The van der Waals surface area contributed by atoms with Crippen molar-refractivity contribution in [2.75, 3.05) is 6.61 Å². The first-order valence-electron chi connectivity index (χ1n) is 10.5. The van der Waals surface area contributed by atoms with Gasteiger partial charge in [0.05, 0.1) is 6.54 Å². The van der Waals surface area contributed by atoms with Gasteiger partial charge in [0.2, 0.25) is 0 Å². The topological polar surface area (TPSA) is 94.3 Å². The predicted octanol–water partition coefficient (Wildman–Crippen LogP) is 2.82. The quantitative estimate of drug-likeness (QED) is 0.630. The van der Waals surface area contributed by atoms with Crippen LogP contribution in [0.3, 0.4) is 0 Å². The molecule has 1 aromatic carbocycles. The van der Waals surface area contributed by atoms with Gasteiger partial charge >= 0.3 is 5.69 Å². The third-order valence-electron chi connectivity index (χ3n) is 5.61. The van der Waals surface area contributed by atoms with Crippen LogP contribution in [0, 0.1) is 5.82 Å². The molecule has 2 aromatic heterocycles. The SMILES string of the molecule is CC1=C(O)C=CCC1.Cn1c(=O)n(CCCO)c(=O)c2c1n(C)n2Cc1ccc(F)cc1.[HH]. The number of hydrogen-bond acceptors (Lipinski definition) is 4. The molecular formula is C23H31FN4O4. The number of aliphatic hydroxyl groups is 2. The molecule has 0 fully saturated rings. The first-order valence-corrected chi connectivity index (χ1v) is 10.5. The highest BCUT2D eigenvalue weighted by molar-refractivity contribution is 5.73. The molecule has 9 heteroatoms. The summed E-state index contributed by atoms with van der Waals surface area (Å²) in [5, 5.41) is 17.9. The minimum atomic E-state index is -0.402. The molecule has 32 heavy (non-hydrogen) atoms. The molecule has 0 bridgehead atoms. The normalized spacial score (nSPS) is 13.5. The number of allylic oxidation sites excluding steroid dienone is 3. The van der Waals surface area contributed by atoms with E-state index in [4.69, 9.17) is 10.2 Å². The molecule has 0 saturated heterocycles. The van der Waals surface area contributed by atoms with E-state index in [1.54, 1.807) is 41.7 Å². The van der Waals surface area contributed by atoms with E-state index in [-0.39, 0.29) is 26.0 Å². The maximum Gasteiger partial charge on any atom is 0.332 e. The van der Waals surface area contributed by atoms with Crippen molar-refractivity contribution < 1.29 is 16.0 Å². The lowest BCUT2D eigenvalue weighted by molar-refractivity contribution is 0.277. The molecule has 0 amide bonds. The predicted molar refractivity (Wildman–Crippen MR) is 123 cm³/mol. The molecular weight excluding hydrogens is 415 g/mol. The van der Waals surface area contributed by atoms with Crippen molar-refractivity contribution in [1.82, 2.24) is 18.5 Å². The monoisotopic (exact) mass is 446 g/mol. The van der Waals surface area contributed by atoms with Crippen molar-refractivity contribution in [1.29, 1.82) is 0 Å². The van der Waals surface area contributed by atoms with Crippen LogP contribution in [0.15, 0.2) is 57.3 Å².